The first kappa shape index (κ1) is 23.2. The number of methoxy groups -OCH3 is 1. The van der Waals surface area contributed by atoms with Gasteiger partial charge in [-0.2, -0.15) is 13.2 Å². The molecule has 0 saturated carbocycles. The largest absolute Gasteiger partial charge is 0.467 e. The van der Waals surface area contributed by atoms with Crippen LogP contribution >= 0.6 is 0 Å². The van der Waals surface area contributed by atoms with Crippen molar-refractivity contribution in [3.05, 3.63) is 41.5 Å². The molecule has 28 heavy (non-hydrogen) atoms. The maximum atomic E-state index is 12.7. The van der Waals surface area contributed by atoms with Crippen molar-refractivity contribution in [2.24, 2.45) is 5.92 Å². The van der Waals surface area contributed by atoms with Gasteiger partial charge in [0.25, 0.3) is 5.91 Å². The third-order valence-electron chi connectivity index (χ3n) is 3.96. The average Bonchev–Trinajstić information content (AvgIpc) is 2.67. The van der Waals surface area contributed by atoms with E-state index in [-0.39, 0.29) is 11.5 Å². The van der Waals surface area contributed by atoms with Gasteiger partial charge in [0.05, 0.1) is 12.7 Å². The van der Waals surface area contributed by atoms with Crippen LogP contribution in [0.15, 0.2) is 30.3 Å². The van der Waals surface area contributed by atoms with Crippen molar-refractivity contribution in [3.8, 4) is 0 Å². The Morgan fingerprint density at radius 1 is 1.25 bits per heavy atom. The number of carbonyl (C=O) groups is 3. The quantitative estimate of drug-likeness (QED) is 0.535. The first-order chi connectivity index (χ1) is 13.1. The Balaban J connectivity index is 2.61. The Hall–Kier alpha value is -2.84. The molecule has 1 aromatic rings. The number of ether oxygens (including phenoxy) is 2. The molecular formula is C19H22F3NO5. The Kier molecular flexibility index (Phi) is 8.69. The van der Waals surface area contributed by atoms with Crippen LogP contribution in [0, 0.1) is 5.92 Å². The van der Waals surface area contributed by atoms with Crippen molar-refractivity contribution >= 4 is 23.9 Å². The zero-order chi connectivity index (χ0) is 21.3. The molecule has 1 amide bonds. The minimum absolute atomic E-state index is 0.152. The zero-order valence-electron chi connectivity index (χ0n) is 15.7. The van der Waals surface area contributed by atoms with Gasteiger partial charge in [0.2, 0.25) is 0 Å². The fraction of sp³-hybridized carbons (Fsp3) is 0.421. The van der Waals surface area contributed by atoms with Crippen LogP contribution in [0.5, 0.6) is 0 Å². The molecule has 0 aliphatic heterocycles. The van der Waals surface area contributed by atoms with Crippen molar-refractivity contribution in [1.82, 2.24) is 5.32 Å². The molecule has 0 aromatic heterocycles. The molecule has 1 N–H and O–H groups in total. The summed E-state index contributed by atoms with van der Waals surface area (Å²) in [4.78, 5) is 35.3. The van der Waals surface area contributed by atoms with Crippen molar-refractivity contribution in [2.45, 2.75) is 32.5 Å². The van der Waals surface area contributed by atoms with E-state index < -0.39 is 42.2 Å². The summed E-state index contributed by atoms with van der Waals surface area (Å²) in [6, 6.07) is 3.52. The van der Waals surface area contributed by atoms with Crippen LogP contribution in [0.3, 0.4) is 0 Å². The summed E-state index contributed by atoms with van der Waals surface area (Å²) in [7, 11) is 1.20. The molecule has 0 spiro atoms. The Bertz CT molecular complexity index is 731. The maximum Gasteiger partial charge on any atom is 0.416 e. The number of carbonyl (C=O) groups excluding carboxylic acids is 3. The van der Waals surface area contributed by atoms with Gasteiger partial charge in [-0.15, -0.1) is 0 Å². The van der Waals surface area contributed by atoms with Crippen LogP contribution in [0.1, 0.15) is 31.4 Å². The lowest BCUT2D eigenvalue weighted by Crippen LogP contribution is -2.47. The number of hydrogen-bond acceptors (Lipinski definition) is 5. The standard InChI is InChI=1S/C19H22F3NO5/c1-4-12(2)17(18(26)27-3)23-15(24)11-28-16(25)9-8-13-6-5-7-14(10-13)19(20,21)22/h5-10,12,17H,4,11H2,1-3H3,(H,23,24)/b9-8+/t12-,17+/m0/s1. The highest BCUT2D eigenvalue weighted by molar-refractivity contribution is 5.90. The molecule has 0 fully saturated rings. The predicted molar refractivity (Wildman–Crippen MR) is 94.8 cm³/mol. The molecule has 1 rings (SSSR count). The molecule has 0 bridgehead atoms. The van der Waals surface area contributed by atoms with Crippen LogP contribution in [-0.2, 0) is 30.0 Å². The normalized spacial score (nSPS) is 13.6. The summed E-state index contributed by atoms with van der Waals surface area (Å²) in [6.45, 7) is 2.95. The minimum atomic E-state index is -4.49. The lowest BCUT2D eigenvalue weighted by molar-refractivity contribution is -0.148. The van der Waals surface area contributed by atoms with E-state index in [0.29, 0.717) is 6.42 Å². The number of halogens is 3. The second kappa shape index (κ2) is 10.5. The smallest absolute Gasteiger partial charge is 0.416 e. The molecular weight excluding hydrogens is 379 g/mol. The number of rotatable bonds is 8. The van der Waals surface area contributed by atoms with Crippen LogP contribution in [0.25, 0.3) is 6.08 Å². The van der Waals surface area contributed by atoms with Crippen LogP contribution in [-0.4, -0.2) is 37.6 Å². The second-order valence-corrected chi connectivity index (χ2v) is 6.02. The highest BCUT2D eigenvalue weighted by atomic mass is 19.4. The van der Waals surface area contributed by atoms with Crippen molar-refractivity contribution in [3.63, 3.8) is 0 Å². The van der Waals surface area contributed by atoms with Gasteiger partial charge in [-0.05, 0) is 29.7 Å². The molecule has 0 aliphatic carbocycles. The number of nitrogens with one attached hydrogen (secondary N) is 1. The number of esters is 2. The van der Waals surface area contributed by atoms with Gasteiger partial charge in [0.15, 0.2) is 6.61 Å². The lowest BCUT2D eigenvalue weighted by atomic mass is 9.99. The van der Waals surface area contributed by atoms with Crippen molar-refractivity contribution in [2.75, 3.05) is 13.7 Å². The molecule has 0 heterocycles. The third-order valence-corrected chi connectivity index (χ3v) is 3.96. The van der Waals surface area contributed by atoms with Crippen LogP contribution in [0.2, 0.25) is 0 Å². The highest BCUT2D eigenvalue weighted by Crippen LogP contribution is 2.29. The number of benzene rings is 1. The lowest BCUT2D eigenvalue weighted by Gasteiger charge is -2.21. The fourth-order valence-corrected chi connectivity index (χ4v) is 2.18. The molecule has 0 saturated heterocycles. The summed E-state index contributed by atoms with van der Waals surface area (Å²) < 4.78 is 47.3. The van der Waals surface area contributed by atoms with Crippen molar-refractivity contribution in [1.29, 1.82) is 0 Å². The number of amides is 1. The minimum Gasteiger partial charge on any atom is -0.467 e. The first-order valence-corrected chi connectivity index (χ1v) is 8.47. The molecule has 6 nitrogen and oxygen atoms in total. The topological polar surface area (TPSA) is 81.7 Å². The predicted octanol–water partition coefficient (Wildman–Crippen LogP) is 2.97. The first-order valence-electron chi connectivity index (χ1n) is 8.47. The van der Waals surface area contributed by atoms with E-state index in [1.165, 1.54) is 19.2 Å². The van der Waals surface area contributed by atoms with E-state index in [2.05, 4.69) is 10.1 Å². The Morgan fingerprint density at radius 2 is 1.93 bits per heavy atom. The fourth-order valence-electron chi connectivity index (χ4n) is 2.18. The van der Waals surface area contributed by atoms with E-state index in [9.17, 15) is 27.6 Å². The highest BCUT2D eigenvalue weighted by Gasteiger charge is 2.30. The average molecular weight is 401 g/mol. The summed E-state index contributed by atoms with van der Waals surface area (Å²) >= 11 is 0. The molecule has 9 heteroatoms. The van der Waals surface area contributed by atoms with Crippen molar-refractivity contribution < 1.29 is 37.0 Å². The summed E-state index contributed by atoms with van der Waals surface area (Å²) in [5.74, 6) is -2.41. The van der Waals surface area contributed by atoms with E-state index in [0.717, 1.165) is 24.3 Å². The van der Waals surface area contributed by atoms with Gasteiger partial charge in [-0.25, -0.2) is 9.59 Å². The Labute approximate surface area is 160 Å². The summed E-state index contributed by atoms with van der Waals surface area (Å²) in [6.07, 6.45) is -1.82. The van der Waals surface area contributed by atoms with Gasteiger partial charge < -0.3 is 14.8 Å². The molecule has 1 aromatic carbocycles. The molecule has 0 unspecified atom stereocenters. The van der Waals surface area contributed by atoms with Gasteiger partial charge in [0, 0.05) is 6.08 Å². The van der Waals surface area contributed by atoms with E-state index >= 15 is 0 Å². The van der Waals surface area contributed by atoms with Gasteiger partial charge in [0.1, 0.15) is 6.04 Å². The molecule has 0 radical (unpaired) electrons. The van der Waals surface area contributed by atoms with E-state index in [1.807, 2.05) is 6.92 Å². The molecule has 0 aliphatic rings. The van der Waals surface area contributed by atoms with Crippen LogP contribution in [0.4, 0.5) is 13.2 Å². The maximum absolute atomic E-state index is 12.7. The number of hydrogen-bond donors (Lipinski definition) is 1. The third kappa shape index (κ3) is 7.42. The number of alkyl halides is 3. The van der Waals surface area contributed by atoms with E-state index in [4.69, 9.17) is 4.74 Å². The van der Waals surface area contributed by atoms with Gasteiger partial charge in [-0.1, -0.05) is 32.4 Å². The zero-order valence-corrected chi connectivity index (χ0v) is 15.7. The monoisotopic (exact) mass is 401 g/mol. The van der Waals surface area contributed by atoms with Gasteiger partial charge >= 0.3 is 18.1 Å². The summed E-state index contributed by atoms with van der Waals surface area (Å²) in [5.41, 5.74) is -0.694. The Morgan fingerprint density at radius 3 is 2.50 bits per heavy atom. The molecule has 154 valence electrons. The van der Waals surface area contributed by atoms with Crippen LogP contribution < -0.4 is 5.32 Å². The van der Waals surface area contributed by atoms with Gasteiger partial charge in [-0.3, -0.25) is 4.79 Å². The second-order valence-electron chi connectivity index (χ2n) is 6.02. The SMILES string of the molecule is CC[C@H](C)[C@@H](NC(=O)COC(=O)/C=C/c1cccc(C(F)(F)F)c1)C(=O)OC. The van der Waals surface area contributed by atoms with E-state index in [1.54, 1.807) is 6.92 Å². The molecule has 2 atom stereocenters. The summed E-state index contributed by atoms with van der Waals surface area (Å²) in [5, 5.41) is 2.43.